The Morgan fingerprint density at radius 3 is 2.57 bits per heavy atom. The van der Waals surface area contributed by atoms with Gasteiger partial charge in [-0.1, -0.05) is 20.8 Å². The van der Waals surface area contributed by atoms with E-state index in [1.165, 1.54) is 0 Å². The predicted molar refractivity (Wildman–Crippen MR) is 57.0 cm³/mol. The monoisotopic (exact) mass is 195 g/mol. The normalized spacial score (nSPS) is 42.5. The molecule has 2 fully saturated rings. The number of hydrogen-bond acceptors (Lipinski definition) is 2. The smallest absolute Gasteiger partial charge is 0.123 e. The van der Waals surface area contributed by atoms with Crippen molar-refractivity contribution in [1.82, 2.24) is 5.32 Å². The maximum Gasteiger partial charge on any atom is 0.123 e. The Kier molecular flexibility index (Phi) is 2.42. The number of nitrogens with one attached hydrogen (secondary N) is 1. The highest BCUT2D eigenvalue weighted by molar-refractivity contribution is 5.54. The fourth-order valence-corrected chi connectivity index (χ4v) is 3.33. The maximum atomic E-state index is 10.8. The standard InChI is InChI=1S/C12H21NO/c1-12(2,3)11-10-5-8(7-14)4-9(10)6-13-11/h7-11,13H,4-6H2,1-3H3/t8-,9-,10-,11?/m0/s1. The number of aldehydes is 1. The molecule has 1 saturated heterocycles. The molecule has 2 nitrogen and oxygen atoms in total. The van der Waals surface area contributed by atoms with Gasteiger partial charge in [0.05, 0.1) is 0 Å². The van der Waals surface area contributed by atoms with Crippen LogP contribution in [0.2, 0.25) is 0 Å². The number of carbonyl (C=O) groups excluding carboxylic acids is 1. The van der Waals surface area contributed by atoms with E-state index in [1.807, 2.05) is 0 Å². The summed E-state index contributed by atoms with van der Waals surface area (Å²) in [6.45, 7) is 8.00. The Morgan fingerprint density at radius 1 is 1.29 bits per heavy atom. The first-order chi connectivity index (χ1) is 6.52. The highest BCUT2D eigenvalue weighted by atomic mass is 16.1. The van der Waals surface area contributed by atoms with Crippen LogP contribution in [0, 0.1) is 23.2 Å². The van der Waals surface area contributed by atoms with Gasteiger partial charge in [-0.15, -0.1) is 0 Å². The average Bonchev–Trinajstić information content (AvgIpc) is 2.57. The first kappa shape index (κ1) is 10.2. The number of carbonyl (C=O) groups is 1. The minimum Gasteiger partial charge on any atom is -0.313 e. The van der Waals surface area contributed by atoms with Crippen molar-refractivity contribution in [3.05, 3.63) is 0 Å². The Balaban J connectivity index is 2.08. The molecule has 0 radical (unpaired) electrons. The van der Waals surface area contributed by atoms with Crippen molar-refractivity contribution in [3.8, 4) is 0 Å². The molecule has 2 aliphatic rings. The summed E-state index contributed by atoms with van der Waals surface area (Å²) in [6.07, 6.45) is 3.40. The zero-order valence-electron chi connectivity index (χ0n) is 9.42. The first-order valence-electron chi connectivity index (χ1n) is 5.71. The summed E-state index contributed by atoms with van der Waals surface area (Å²) in [4.78, 5) is 10.8. The van der Waals surface area contributed by atoms with Crippen molar-refractivity contribution in [1.29, 1.82) is 0 Å². The van der Waals surface area contributed by atoms with Crippen molar-refractivity contribution in [2.45, 2.75) is 39.7 Å². The van der Waals surface area contributed by atoms with Gasteiger partial charge in [-0.05, 0) is 36.6 Å². The molecule has 2 heteroatoms. The largest absolute Gasteiger partial charge is 0.313 e. The van der Waals surface area contributed by atoms with Gasteiger partial charge in [0.2, 0.25) is 0 Å². The SMILES string of the molecule is CC(C)(C)C1NC[C@@H]2C[C@H](C=O)C[C@H]12. The van der Waals surface area contributed by atoms with Gasteiger partial charge in [0.1, 0.15) is 6.29 Å². The fourth-order valence-electron chi connectivity index (χ4n) is 3.33. The lowest BCUT2D eigenvalue weighted by Crippen LogP contribution is -2.39. The maximum absolute atomic E-state index is 10.8. The molecule has 4 atom stereocenters. The second-order valence-corrected chi connectivity index (χ2v) is 6.04. The lowest BCUT2D eigenvalue weighted by atomic mass is 9.78. The third-order valence-corrected chi connectivity index (χ3v) is 3.94. The number of rotatable bonds is 1. The molecule has 1 aliphatic carbocycles. The minimum atomic E-state index is 0.331. The summed E-state index contributed by atoms with van der Waals surface area (Å²) in [5.74, 6) is 1.84. The molecule has 0 bridgehead atoms. The van der Waals surface area contributed by atoms with Crippen molar-refractivity contribution in [3.63, 3.8) is 0 Å². The average molecular weight is 195 g/mol. The Morgan fingerprint density at radius 2 is 2.00 bits per heavy atom. The molecule has 14 heavy (non-hydrogen) atoms. The molecule has 1 heterocycles. The Hall–Kier alpha value is -0.370. The summed E-state index contributed by atoms with van der Waals surface area (Å²) in [7, 11) is 0. The first-order valence-corrected chi connectivity index (χ1v) is 5.71. The molecule has 0 aromatic carbocycles. The summed E-state index contributed by atoms with van der Waals surface area (Å²) >= 11 is 0. The molecular formula is C12H21NO. The van der Waals surface area contributed by atoms with Crippen LogP contribution in [0.3, 0.4) is 0 Å². The van der Waals surface area contributed by atoms with Gasteiger partial charge in [0.15, 0.2) is 0 Å². The molecule has 0 amide bonds. The van der Waals surface area contributed by atoms with E-state index in [4.69, 9.17) is 0 Å². The van der Waals surface area contributed by atoms with Gasteiger partial charge in [-0.25, -0.2) is 0 Å². The molecule has 0 aromatic heterocycles. The van der Waals surface area contributed by atoms with E-state index >= 15 is 0 Å². The van der Waals surface area contributed by atoms with Crippen molar-refractivity contribution < 1.29 is 4.79 Å². The molecular weight excluding hydrogens is 174 g/mol. The van der Waals surface area contributed by atoms with Crippen LogP contribution in [-0.4, -0.2) is 18.9 Å². The molecule has 1 N–H and O–H groups in total. The zero-order valence-corrected chi connectivity index (χ0v) is 9.42. The van der Waals surface area contributed by atoms with Crippen LogP contribution in [0.4, 0.5) is 0 Å². The highest BCUT2D eigenvalue weighted by Gasteiger charge is 2.46. The molecule has 80 valence electrons. The Labute approximate surface area is 86.5 Å². The summed E-state index contributed by atoms with van der Waals surface area (Å²) in [5, 5.41) is 3.63. The van der Waals surface area contributed by atoms with E-state index in [2.05, 4.69) is 26.1 Å². The molecule has 1 saturated carbocycles. The molecule has 1 aliphatic heterocycles. The van der Waals surface area contributed by atoms with Gasteiger partial charge in [0, 0.05) is 12.0 Å². The quantitative estimate of drug-likeness (QED) is 0.647. The Bertz CT molecular complexity index is 231. The van der Waals surface area contributed by atoms with E-state index in [-0.39, 0.29) is 0 Å². The molecule has 1 unspecified atom stereocenters. The van der Waals surface area contributed by atoms with Gasteiger partial charge in [0.25, 0.3) is 0 Å². The van der Waals surface area contributed by atoms with Crippen LogP contribution in [0.5, 0.6) is 0 Å². The highest BCUT2D eigenvalue weighted by Crippen LogP contribution is 2.45. The predicted octanol–water partition coefficient (Wildman–Crippen LogP) is 1.85. The second kappa shape index (κ2) is 3.34. The van der Waals surface area contributed by atoms with Crippen LogP contribution in [0.1, 0.15) is 33.6 Å². The lowest BCUT2D eigenvalue weighted by Gasteiger charge is -2.32. The van der Waals surface area contributed by atoms with Gasteiger partial charge in [-0.2, -0.15) is 0 Å². The fraction of sp³-hybridized carbons (Fsp3) is 0.917. The van der Waals surface area contributed by atoms with Crippen molar-refractivity contribution >= 4 is 6.29 Å². The van der Waals surface area contributed by atoms with Crippen LogP contribution < -0.4 is 5.32 Å². The molecule has 0 spiro atoms. The van der Waals surface area contributed by atoms with E-state index < -0.39 is 0 Å². The lowest BCUT2D eigenvalue weighted by molar-refractivity contribution is -0.111. The number of hydrogen-bond donors (Lipinski definition) is 1. The number of fused-ring (bicyclic) bond motifs is 1. The van der Waals surface area contributed by atoms with Gasteiger partial charge in [-0.3, -0.25) is 0 Å². The summed E-state index contributed by atoms with van der Waals surface area (Å²) in [6, 6.07) is 0.609. The van der Waals surface area contributed by atoms with Crippen molar-refractivity contribution in [2.24, 2.45) is 23.2 Å². The van der Waals surface area contributed by atoms with E-state index in [0.717, 1.165) is 37.5 Å². The summed E-state index contributed by atoms with van der Waals surface area (Å²) in [5.41, 5.74) is 0.331. The van der Waals surface area contributed by atoms with E-state index in [9.17, 15) is 4.79 Å². The topological polar surface area (TPSA) is 29.1 Å². The van der Waals surface area contributed by atoms with Gasteiger partial charge < -0.3 is 10.1 Å². The van der Waals surface area contributed by atoms with Crippen LogP contribution in [-0.2, 0) is 4.79 Å². The third-order valence-electron chi connectivity index (χ3n) is 3.94. The second-order valence-electron chi connectivity index (χ2n) is 6.04. The van der Waals surface area contributed by atoms with Crippen LogP contribution in [0.15, 0.2) is 0 Å². The summed E-state index contributed by atoms with van der Waals surface area (Å²) < 4.78 is 0. The van der Waals surface area contributed by atoms with Gasteiger partial charge >= 0.3 is 0 Å². The molecule has 2 rings (SSSR count). The van der Waals surface area contributed by atoms with E-state index in [0.29, 0.717) is 17.4 Å². The van der Waals surface area contributed by atoms with Crippen molar-refractivity contribution in [2.75, 3.05) is 6.54 Å². The zero-order chi connectivity index (χ0) is 10.3. The minimum absolute atomic E-state index is 0.331. The molecule has 0 aromatic rings. The van der Waals surface area contributed by atoms with E-state index in [1.54, 1.807) is 0 Å². The van der Waals surface area contributed by atoms with Crippen LogP contribution in [0.25, 0.3) is 0 Å². The third kappa shape index (κ3) is 1.60. The van der Waals surface area contributed by atoms with Crippen LogP contribution >= 0.6 is 0 Å².